The zero-order valence-corrected chi connectivity index (χ0v) is 32.6. The van der Waals surface area contributed by atoms with E-state index in [-0.39, 0.29) is 0 Å². The standard InChI is InChI=1S/C55H33N3S/c1-2-15-34(16-3-1)37-19-8-11-25-46(37)53-56-54(58-55(57-53)48-27-14-26-45-42-24-12-13-28-50(42)59-52(45)48)47-32-31-43(40-22-9-10-23-41(40)47)51-39-21-7-5-18-36(39)33-49-38-20-6-4-17-35(38)29-30-44(49)51/h1-33H. The number of hydrogen-bond acceptors (Lipinski definition) is 4. The smallest absolute Gasteiger partial charge is 0.165 e. The van der Waals surface area contributed by atoms with Crippen molar-refractivity contribution in [3.63, 3.8) is 0 Å². The molecule has 0 aliphatic carbocycles. The van der Waals surface area contributed by atoms with E-state index in [4.69, 9.17) is 15.0 Å². The molecular weight excluding hydrogens is 735 g/mol. The molecule has 10 aromatic carbocycles. The number of thiophene rings is 1. The zero-order valence-electron chi connectivity index (χ0n) is 31.8. The summed E-state index contributed by atoms with van der Waals surface area (Å²) in [5.74, 6) is 1.94. The molecule has 0 N–H and O–H groups in total. The van der Waals surface area contributed by atoms with Crippen LogP contribution in [0.3, 0.4) is 0 Å². The first-order valence-electron chi connectivity index (χ1n) is 19.9. The molecule has 2 aromatic heterocycles. The van der Waals surface area contributed by atoms with Gasteiger partial charge in [-0.2, -0.15) is 0 Å². The van der Waals surface area contributed by atoms with Crippen LogP contribution in [0.25, 0.3) is 120 Å². The Hall–Kier alpha value is -7.53. The van der Waals surface area contributed by atoms with Crippen molar-refractivity contribution >= 4 is 74.6 Å². The topological polar surface area (TPSA) is 38.7 Å². The maximum atomic E-state index is 5.39. The molecule has 0 amide bonds. The Morgan fingerprint density at radius 3 is 1.66 bits per heavy atom. The monoisotopic (exact) mass is 767 g/mol. The summed E-state index contributed by atoms with van der Waals surface area (Å²) in [5.41, 5.74) is 7.53. The molecule has 0 saturated heterocycles. The minimum absolute atomic E-state index is 0.641. The van der Waals surface area contributed by atoms with E-state index in [1.54, 1.807) is 11.3 Å². The Morgan fingerprint density at radius 2 is 0.847 bits per heavy atom. The second-order valence-electron chi connectivity index (χ2n) is 15.1. The van der Waals surface area contributed by atoms with Crippen molar-refractivity contribution in [1.29, 1.82) is 0 Å². The minimum Gasteiger partial charge on any atom is -0.208 e. The SMILES string of the molecule is c1ccc(-c2ccccc2-c2nc(-c3ccc(-c4c5ccccc5cc5c4ccc4ccccc45)c4ccccc34)nc(-c3cccc4c3sc3ccccc34)n2)cc1. The molecule has 4 heteroatoms. The van der Waals surface area contributed by atoms with Crippen LogP contribution in [0.1, 0.15) is 0 Å². The summed E-state index contributed by atoms with van der Waals surface area (Å²) in [4.78, 5) is 16.1. The van der Waals surface area contributed by atoms with E-state index in [9.17, 15) is 0 Å². The quantitative estimate of drug-likeness (QED) is 0.129. The van der Waals surface area contributed by atoms with E-state index in [0.29, 0.717) is 17.5 Å². The number of nitrogens with zero attached hydrogens (tertiary/aromatic N) is 3. The molecule has 12 rings (SSSR count). The molecule has 0 saturated carbocycles. The molecule has 0 aliphatic heterocycles. The van der Waals surface area contributed by atoms with Gasteiger partial charge in [0.15, 0.2) is 17.5 Å². The fourth-order valence-electron chi connectivity index (χ4n) is 9.03. The molecular formula is C55H33N3S. The van der Waals surface area contributed by atoms with Crippen molar-refractivity contribution in [2.24, 2.45) is 0 Å². The highest BCUT2D eigenvalue weighted by Gasteiger charge is 2.21. The third-order valence-electron chi connectivity index (χ3n) is 11.7. The summed E-state index contributed by atoms with van der Waals surface area (Å²) in [6, 6.07) is 71.6. The first-order chi connectivity index (χ1) is 29.3. The van der Waals surface area contributed by atoms with Crippen LogP contribution in [0.5, 0.6) is 0 Å². The van der Waals surface area contributed by atoms with Gasteiger partial charge in [-0.15, -0.1) is 11.3 Å². The average molecular weight is 768 g/mol. The summed E-state index contributed by atoms with van der Waals surface area (Å²) in [6.07, 6.45) is 0. The molecule has 0 bridgehead atoms. The average Bonchev–Trinajstić information content (AvgIpc) is 3.70. The Labute approximate surface area is 344 Å². The highest BCUT2D eigenvalue weighted by Crippen LogP contribution is 2.45. The van der Waals surface area contributed by atoms with E-state index in [1.807, 2.05) is 0 Å². The lowest BCUT2D eigenvalue weighted by Crippen LogP contribution is -2.02. The minimum atomic E-state index is 0.641. The van der Waals surface area contributed by atoms with E-state index >= 15 is 0 Å². The second-order valence-corrected chi connectivity index (χ2v) is 16.1. The third kappa shape index (κ3) is 5.45. The molecule has 3 nitrogen and oxygen atoms in total. The highest BCUT2D eigenvalue weighted by molar-refractivity contribution is 7.26. The lowest BCUT2D eigenvalue weighted by molar-refractivity contribution is 1.08. The molecule has 59 heavy (non-hydrogen) atoms. The van der Waals surface area contributed by atoms with Crippen LogP contribution in [0.4, 0.5) is 0 Å². The molecule has 274 valence electrons. The predicted molar refractivity (Wildman–Crippen MR) is 250 cm³/mol. The number of benzene rings is 10. The van der Waals surface area contributed by atoms with E-state index in [1.165, 1.54) is 63.6 Å². The van der Waals surface area contributed by atoms with Crippen molar-refractivity contribution in [1.82, 2.24) is 15.0 Å². The van der Waals surface area contributed by atoms with E-state index < -0.39 is 0 Å². The summed E-state index contributed by atoms with van der Waals surface area (Å²) < 4.78 is 2.41. The first kappa shape index (κ1) is 33.6. The van der Waals surface area contributed by atoms with E-state index in [0.717, 1.165) is 38.6 Å². The van der Waals surface area contributed by atoms with Crippen molar-refractivity contribution < 1.29 is 0 Å². The molecule has 0 spiro atoms. The van der Waals surface area contributed by atoms with Gasteiger partial charge in [0.05, 0.1) is 0 Å². The Bertz CT molecular complexity index is 3620. The van der Waals surface area contributed by atoms with Crippen molar-refractivity contribution in [3.05, 3.63) is 200 Å². The van der Waals surface area contributed by atoms with Gasteiger partial charge in [-0.1, -0.05) is 176 Å². The number of fused-ring (bicyclic) bond motifs is 8. The van der Waals surface area contributed by atoms with Gasteiger partial charge in [0.2, 0.25) is 0 Å². The normalized spacial score (nSPS) is 11.7. The van der Waals surface area contributed by atoms with Gasteiger partial charge in [0.1, 0.15) is 0 Å². The molecule has 0 aliphatic rings. The maximum absolute atomic E-state index is 5.39. The lowest BCUT2D eigenvalue weighted by atomic mass is 9.87. The maximum Gasteiger partial charge on any atom is 0.165 e. The van der Waals surface area contributed by atoms with Crippen molar-refractivity contribution in [2.45, 2.75) is 0 Å². The fourth-order valence-corrected chi connectivity index (χ4v) is 10.2. The van der Waals surface area contributed by atoms with Crippen LogP contribution in [0, 0.1) is 0 Å². The Kier molecular flexibility index (Phi) is 7.72. The largest absolute Gasteiger partial charge is 0.208 e. The van der Waals surface area contributed by atoms with Crippen LogP contribution in [-0.4, -0.2) is 15.0 Å². The number of hydrogen-bond donors (Lipinski definition) is 0. The number of rotatable bonds is 5. The van der Waals surface area contributed by atoms with Crippen LogP contribution in [-0.2, 0) is 0 Å². The first-order valence-corrected chi connectivity index (χ1v) is 20.8. The van der Waals surface area contributed by atoms with Crippen molar-refractivity contribution in [3.8, 4) is 56.4 Å². The number of aromatic nitrogens is 3. The van der Waals surface area contributed by atoms with Crippen LogP contribution in [0.15, 0.2) is 200 Å². The van der Waals surface area contributed by atoms with Crippen LogP contribution in [0.2, 0.25) is 0 Å². The Balaban J connectivity index is 1.13. The van der Waals surface area contributed by atoms with Crippen LogP contribution < -0.4 is 0 Å². The van der Waals surface area contributed by atoms with Crippen LogP contribution >= 0.6 is 11.3 Å². The predicted octanol–water partition coefficient (Wildman–Crippen LogP) is 15.2. The molecule has 12 aromatic rings. The van der Waals surface area contributed by atoms with Gasteiger partial charge in [0, 0.05) is 36.9 Å². The molecule has 0 atom stereocenters. The second kappa shape index (κ2) is 13.6. The van der Waals surface area contributed by atoms with Gasteiger partial charge < -0.3 is 0 Å². The summed E-state index contributed by atoms with van der Waals surface area (Å²) in [6.45, 7) is 0. The van der Waals surface area contributed by atoms with E-state index in [2.05, 4.69) is 200 Å². The van der Waals surface area contributed by atoms with Gasteiger partial charge in [-0.3, -0.25) is 0 Å². The molecule has 0 unspecified atom stereocenters. The van der Waals surface area contributed by atoms with Gasteiger partial charge in [0.25, 0.3) is 0 Å². The lowest BCUT2D eigenvalue weighted by Gasteiger charge is -2.17. The summed E-state index contributed by atoms with van der Waals surface area (Å²) >= 11 is 1.79. The summed E-state index contributed by atoms with van der Waals surface area (Å²) in [7, 11) is 0. The highest BCUT2D eigenvalue weighted by atomic mass is 32.1. The van der Waals surface area contributed by atoms with Gasteiger partial charge in [-0.25, -0.2) is 15.0 Å². The van der Waals surface area contributed by atoms with Crippen molar-refractivity contribution in [2.75, 3.05) is 0 Å². The summed E-state index contributed by atoms with van der Waals surface area (Å²) in [5, 5.41) is 12.1. The molecule has 0 radical (unpaired) electrons. The zero-order chi connectivity index (χ0) is 38.9. The third-order valence-corrected chi connectivity index (χ3v) is 13.0. The Morgan fingerprint density at radius 1 is 0.288 bits per heavy atom. The van der Waals surface area contributed by atoms with Gasteiger partial charge in [-0.05, 0) is 89.6 Å². The molecule has 0 fully saturated rings. The molecule has 2 heterocycles. The van der Waals surface area contributed by atoms with Gasteiger partial charge >= 0.3 is 0 Å². The fraction of sp³-hybridized carbons (Fsp3) is 0.